The van der Waals surface area contributed by atoms with E-state index in [-0.39, 0.29) is 24.4 Å². The summed E-state index contributed by atoms with van der Waals surface area (Å²) in [6.45, 7) is 8.80. The molecule has 0 unspecified atom stereocenters. The summed E-state index contributed by atoms with van der Waals surface area (Å²) in [5.74, 6) is -1.25. The van der Waals surface area contributed by atoms with E-state index < -0.39 is 24.9 Å². The van der Waals surface area contributed by atoms with Crippen molar-refractivity contribution >= 4 is 18.1 Å². The van der Waals surface area contributed by atoms with Crippen LogP contribution in [-0.4, -0.2) is 38.1 Å². The number of ether oxygens (including phenoxy) is 4. The molecular formula is C12H16O7. The van der Waals surface area contributed by atoms with Crippen molar-refractivity contribution in [2.45, 2.75) is 13.8 Å². The fraction of sp³-hybridized carbons (Fsp3) is 0.417. The average Bonchev–Trinajstić information content (AvgIpc) is 2.33. The second-order valence-electron chi connectivity index (χ2n) is 3.49. The third-order valence-electron chi connectivity index (χ3n) is 1.60. The van der Waals surface area contributed by atoms with E-state index in [1.165, 1.54) is 13.8 Å². The Hall–Kier alpha value is -2.31. The molecule has 0 N–H and O–H groups in total. The standard InChI is InChI=1S/C12H16O7/c1-8(2)10(13)16-5-6-17-12(15)19-7-18-11(14)9(3)4/h1,3,5-7H2,2,4H3. The first-order valence-electron chi connectivity index (χ1n) is 5.29. The Morgan fingerprint density at radius 1 is 0.789 bits per heavy atom. The van der Waals surface area contributed by atoms with E-state index in [9.17, 15) is 14.4 Å². The van der Waals surface area contributed by atoms with Crippen LogP contribution in [0.2, 0.25) is 0 Å². The molecule has 0 aromatic carbocycles. The van der Waals surface area contributed by atoms with Crippen LogP contribution < -0.4 is 0 Å². The monoisotopic (exact) mass is 272 g/mol. The normalized spacial score (nSPS) is 9.16. The highest BCUT2D eigenvalue weighted by Gasteiger charge is 2.08. The molecule has 0 aliphatic carbocycles. The number of rotatable bonds is 7. The van der Waals surface area contributed by atoms with Gasteiger partial charge in [-0.25, -0.2) is 14.4 Å². The van der Waals surface area contributed by atoms with Crippen LogP contribution in [0, 0.1) is 0 Å². The molecule has 0 fully saturated rings. The fourth-order valence-corrected chi connectivity index (χ4v) is 0.679. The van der Waals surface area contributed by atoms with Crippen LogP contribution in [0.4, 0.5) is 4.79 Å². The Morgan fingerprint density at radius 3 is 1.79 bits per heavy atom. The third kappa shape index (κ3) is 8.42. The maximum Gasteiger partial charge on any atom is 0.511 e. The summed E-state index contributed by atoms with van der Waals surface area (Å²) in [6.07, 6.45) is -1.04. The number of carbonyl (C=O) groups excluding carboxylic acids is 3. The van der Waals surface area contributed by atoms with Gasteiger partial charge in [0.2, 0.25) is 6.79 Å². The second kappa shape index (κ2) is 8.73. The molecule has 0 saturated heterocycles. The molecule has 7 nitrogen and oxygen atoms in total. The fourth-order valence-electron chi connectivity index (χ4n) is 0.679. The van der Waals surface area contributed by atoms with E-state index in [1.54, 1.807) is 0 Å². The highest BCUT2D eigenvalue weighted by atomic mass is 16.8. The maximum atomic E-state index is 11.0. The van der Waals surface area contributed by atoms with Crippen molar-refractivity contribution in [1.82, 2.24) is 0 Å². The summed E-state index contributed by atoms with van der Waals surface area (Å²) in [5.41, 5.74) is 0.429. The van der Waals surface area contributed by atoms with Gasteiger partial charge in [0.15, 0.2) is 0 Å². The molecule has 0 spiro atoms. The molecule has 0 amide bonds. The van der Waals surface area contributed by atoms with Gasteiger partial charge in [-0.3, -0.25) is 0 Å². The third-order valence-corrected chi connectivity index (χ3v) is 1.60. The molecule has 0 atom stereocenters. The summed E-state index contributed by atoms with van der Waals surface area (Å²) in [4.78, 5) is 32.8. The minimum Gasteiger partial charge on any atom is -0.459 e. The summed E-state index contributed by atoms with van der Waals surface area (Å²) in [7, 11) is 0. The van der Waals surface area contributed by atoms with Gasteiger partial charge in [0, 0.05) is 11.1 Å². The van der Waals surface area contributed by atoms with Gasteiger partial charge in [0.05, 0.1) is 0 Å². The lowest BCUT2D eigenvalue weighted by Crippen LogP contribution is -2.17. The zero-order valence-electron chi connectivity index (χ0n) is 10.9. The van der Waals surface area contributed by atoms with Crippen molar-refractivity contribution in [2.75, 3.05) is 20.0 Å². The minimum absolute atomic E-state index is 0.119. The topological polar surface area (TPSA) is 88.1 Å². The van der Waals surface area contributed by atoms with E-state index in [4.69, 9.17) is 0 Å². The van der Waals surface area contributed by atoms with E-state index >= 15 is 0 Å². The quantitative estimate of drug-likeness (QED) is 0.227. The van der Waals surface area contributed by atoms with Gasteiger partial charge in [0.25, 0.3) is 0 Å². The van der Waals surface area contributed by atoms with E-state index in [2.05, 4.69) is 32.1 Å². The zero-order valence-corrected chi connectivity index (χ0v) is 10.9. The predicted octanol–water partition coefficient (Wildman–Crippen LogP) is 1.34. The van der Waals surface area contributed by atoms with Gasteiger partial charge < -0.3 is 18.9 Å². The molecule has 0 saturated carbocycles. The molecule has 0 aromatic heterocycles. The van der Waals surface area contributed by atoms with Gasteiger partial charge in [-0.2, -0.15) is 0 Å². The van der Waals surface area contributed by atoms with E-state index in [0.717, 1.165) is 0 Å². The molecule has 0 rings (SSSR count). The molecule has 0 aromatic rings. The van der Waals surface area contributed by atoms with Crippen LogP contribution in [0.25, 0.3) is 0 Å². The summed E-state index contributed by atoms with van der Waals surface area (Å²) in [5, 5.41) is 0. The van der Waals surface area contributed by atoms with Gasteiger partial charge in [-0.1, -0.05) is 13.2 Å². The van der Waals surface area contributed by atoms with Crippen molar-refractivity contribution in [2.24, 2.45) is 0 Å². The first-order chi connectivity index (χ1) is 8.84. The van der Waals surface area contributed by atoms with Crippen molar-refractivity contribution < 1.29 is 33.3 Å². The number of esters is 2. The Balaban J connectivity index is 3.60. The van der Waals surface area contributed by atoms with Gasteiger partial charge >= 0.3 is 18.1 Å². The Morgan fingerprint density at radius 2 is 1.26 bits per heavy atom. The molecule has 0 heterocycles. The Labute approximate surface area is 110 Å². The lowest BCUT2D eigenvalue weighted by atomic mass is 10.4. The van der Waals surface area contributed by atoms with Crippen LogP contribution in [0.5, 0.6) is 0 Å². The first kappa shape index (κ1) is 16.7. The molecule has 7 heteroatoms. The number of hydrogen-bond donors (Lipinski definition) is 0. The van der Waals surface area contributed by atoms with Crippen LogP contribution >= 0.6 is 0 Å². The van der Waals surface area contributed by atoms with Crippen molar-refractivity contribution in [3.8, 4) is 0 Å². The first-order valence-corrected chi connectivity index (χ1v) is 5.29. The lowest BCUT2D eigenvalue weighted by molar-refractivity contribution is -0.149. The number of hydrogen-bond acceptors (Lipinski definition) is 7. The average molecular weight is 272 g/mol. The highest BCUT2D eigenvalue weighted by Crippen LogP contribution is 1.95. The number of carbonyl (C=O) groups is 3. The van der Waals surface area contributed by atoms with Crippen LogP contribution in [-0.2, 0) is 28.5 Å². The summed E-state index contributed by atoms with van der Waals surface area (Å²) >= 11 is 0. The zero-order chi connectivity index (χ0) is 14.8. The summed E-state index contributed by atoms with van der Waals surface area (Å²) in [6, 6.07) is 0. The molecule has 19 heavy (non-hydrogen) atoms. The summed E-state index contributed by atoms with van der Waals surface area (Å²) < 4.78 is 18.1. The maximum absolute atomic E-state index is 11.0. The van der Waals surface area contributed by atoms with Crippen LogP contribution in [0.1, 0.15) is 13.8 Å². The van der Waals surface area contributed by atoms with Crippen molar-refractivity contribution in [1.29, 1.82) is 0 Å². The van der Waals surface area contributed by atoms with Crippen LogP contribution in [0.3, 0.4) is 0 Å². The smallest absolute Gasteiger partial charge is 0.459 e. The predicted molar refractivity (Wildman–Crippen MR) is 64.0 cm³/mol. The van der Waals surface area contributed by atoms with Crippen molar-refractivity contribution in [3.05, 3.63) is 24.3 Å². The largest absolute Gasteiger partial charge is 0.511 e. The SMILES string of the molecule is C=C(C)C(=O)OCCOC(=O)OCOC(=O)C(=C)C. The second-order valence-corrected chi connectivity index (χ2v) is 3.49. The molecule has 106 valence electrons. The Bertz CT molecular complexity index is 384. The molecule has 0 aliphatic rings. The van der Waals surface area contributed by atoms with E-state index in [1.807, 2.05) is 0 Å². The molecule has 0 bridgehead atoms. The van der Waals surface area contributed by atoms with Crippen molar-refractivity contribution in [3.63, 3.8) is 0 Å². The van der Waals surface area contributed by atoms with Gasteiger partial charge in [-0.15, -0.1) is 0 Å². The molecule has 0 radical (unpaired) electrons. The lowest BCUT2D eigenvalue weighted by Gasteiger charge is -2.07. The minimum atomic E-state index is -1.04. The molecule has 0 aliphatic heterocycles. The molecular weight excluding hydrogens is 256 g/mol. The van der Waals surface area contributed by atoms with E-state index in [0.29, 0.717) is 0 Å². The Kier molecular flexibility index (Phi) is 7.67. The highest BCUT2D eigenvalue weighted by molar-refractivity contribution is 5.87. The van der Waals surface area contributed by atoms with Crippen LogP contribution in [0.15, 0.2) is 24.3 Å². The van der Waals surface area contributed by atoms with Gasteiger partial charge in [-0.05, 0) is 13.8 Å². The van der Waals surface area contributed by atoms with Gasteiger partial charge in [0.1, 0.15) is 13.2 Å².